The highest BCUT2D eigenvalue weighted by Crippen LogP contribution is 2.31. The van der Waals surface area contributed by atoms with Crippen molar-refractivity contribution >= 4 is 33.3 Å². The fourth-order valence-corrected chi connectivity index (χ4v) is 2.41. The van der Waals surface area contributed by atoms with Crippen molar-refractivity contribution in [3.63, 3.8) is 0 Å². The molecule has 2 rings (SSSR count). The number of methoxy groups -OCH3 is 2. The number of rotatable bonds is 4. The Morgan fingerprint density at radius 3 is 2.39 bits per heavy atom. The quantitative estimate of drug-likeness (QED) is 0.855. The van der Waals surface area contributed by atoms with E-state index in [-0.39, 0.29) is 6.03 Å². The van der Waals surface area contributed by atoms with E-state index in [0.29, 0.717) is 17.2 Å². The first-order chi connectivity index (χ1) is 11.0. The molecule has 0 unspecified atom stereocenters. The molecule has 0 radical (unpaired) electrons. The maximum atomic E-state index is 12.4. The lowest BCUT2D eigenvalue weighted by Crippen LogP contribution is -2.31. The number of halogens is 1. The molecule has 2 aromatic carbocycles. The second-order valence-corrected chi connectivity index (χ2v) is 5.85. The van der Waals surface area contributed by atoms with Gasteiger partial charge in [0, 0.05) is 29.0 Å². The van der Waals surface area contributed by atoms with Gasteiger partial charge in [0.1, 0.15) is 0 Å². The molecule has 122 valence electrons. The van der Waals surface area contributed by atoms with Crippen LogP contribution in [0.25, 0.3) is 0 Å². The smallest absolute Gasteiger partial charge is 0.326 e. The number of carbonyl (C=O) groups is 1. The summed E-state index contributed by atoms with van der Waals surface area (Å²) in [6.07, 6.45) is 0. The topological polar surface area (TPSA) is 50.8 Å². The third-order valence-electron chi connectivity index (χ3n) is 3.48. The normalized spacial score (nSPS) is 10.1. The minimum Gasteiger partial charge on any atom is -0.493 e. The summed E-state index contributed by atoms with van der Waals surface area (Å²) in [7, 11) is 4.83. The first-order valence-corrected chi connectivity index (χ1v) is 7.78. The van der Waals surface area contributed by atoms with Crippen LogP contribution in [0.2, 0.25) is 0 Å². The summed E-state index contributed by atoms with van der Waals surface area (Å²) < 4.78 is 11.4. The zero-order valence-corrected chi connectivity index (χ0v) is 15.1. The summed E-state index contributed by atoms with van der Waals surface area (Å²) in [5.41, 5.74) is 2.53. The van der Waals surface area contributed by atoms with E-state index in [0.717, 1.165) is 15.7 Å². The highest BCUT2D eigenvalue weighted by molar-refractivity contribution is 9.10. The summed E-state index contributed by atoms with van der Waals surface area (Å²) in [6.45, 7) is 1.99. The van der Waals surface area contributed by atoms with Crippen LogP contribution >= 0.6 is 15.9 Å². The molecule has 0 aliphatic heterocycles. The Bertz CT molecular complexity index is 719. The average Bonchev–Trinajstić information content (AvgIpc) is 2.56. The summed E-state index contributed by atoms with van der Waals surface area (Å²) in [4.78, 5) is 13.9. The van der Waals surface area contributed by atoms with Gasteiger partial charge in [-0.25, -0.2) is 4.79 Å². The summed E-state index contributed by atoms with van der Waals surface area (Å²) in [5, 5.41) is 2.86. The molecule has 23 heavy (non-hydrogen) atoms. The van der Waals surface area contributed by atoms with Crippen LogP contribution < -0.4 is 19.7 Å². The maximum absolute atomic E-state index is 12.4. The summed E-state index contributed by atoms with van der Waals surface area (Å²) in [6, 6.07) is 10.7. The van der Waals surface area contributed by atoms with E-state index < -0.39 is 0 Å². The van der Waals surface area contributed by atoms with Gasteiger partial charge in [0.05, 0.1) is 14.2 Å². The number of ether oxygens (including phenoxy) is 2. The standard InChI is InChI=1S/C17H19BrN2O3/c1-11-5-6-12(9-14(11)18)19-17(21)20(2)13-7-8-15(22-3)16(10-13)23-4/h5-10H,1-4H3,(H,19,21). The van der Waals surface area contributed by atoms with Crippen molar-refractivity contribution in [3.05, 3.63) is 46.4 Å². The van der Waals surface area contributed by atoms with Crippen molar-refractivity contribution in [2.75, 3.05) is 31.5 Å². The number of hydrogen-bond donors (Lipinski definition) is 1. The lowest BCUT2D eigenvalue weighted by atomic mass is 10.2. The van der Waals surface area contributed by atoms with E-state index >= 15 is 0 Å². The van der Waals surface area contributed by atoms with Crippen LogP contribution in [-0.4, -0.2) is 27.3 Å². The molecule has 2 aromatic rings. The van der Waals surface area contributed by atoms with Gasteiger partial charge >= 0.3 is 6.03 Å². The molecule has 2 amide bonds. The molecule has 0 aliphatic rings. The van der Waals surface area contributed by atoms with E-state index in [2.05, 4.69) is 21.2 Å². The van der Waals surface area contributed by atoms with E-state index in [4.69, 9.17) is 9.47 Å². The van der Waals surface area contributed by atoms with Crippen molar-refractivity contribution in [2.45, 2.75) is 6.92 Å². The van der Waals surface area contributed by atoms with Crippen LogP contribution in [0, 0.1) is 6.92 Å². The van der Waals surface area contributed by atoms with Crippen molar-refractivity contribution in [1.82, 2.24) is 0 Å². The van der Waals surface area contributed by atoms with E-state index in [9.17, 15) is 4.79 Å². The molecule has 0 saturated carbocycles. The molecule has 6 heteroatoms. The van der Waals surface area contributed by atoms with Gasteiger partial charge in [-0.05, 0) is 36.8 Å². The average molecular weight is 379 g/mol. The number of benzene rings is 2. The number of amides is 2. The van der Waals surface area contributed by atoms with Gasteiger partial charge < -0.3 is 14.8 Å². The van der Waals surface area contributed by atoms with Crippen LogP contribution in [0.3, 0.4) is 0 Å². The van der Waals surface area contributed by atoms with Crippen molar-refractivity contribution in [2.24, 2.45) is 0 Å². The van der Waals surface area contributed by atoms with Gasteiger partial charge in [0.25, 0.3) is 0 Å². The molecule has 0 spiro atoms. The molecule has 0 saturated heterocycles. The van der Waals surface area contributed by atoms with Crippen LogP contribution in [0.1, 0.15) is 5.56 Å². The Hall–Kier alpha value is -2.21. The Labute approximate surface area is 144 Å². The van der Waals surface area contributed by atoms with Crippen molar-refractivity contribution < 1.29 is 14.3 Å². The first kappa shape index (κ1) is 17.1. The largest absolute Gasteiger partial charge is 0.493 e. The highest BCUT2D eigenvalue weighted by atomic mass is 79.9. The number of hydrogen-bond acceptors (Lipinski definition) is 3. The molecule has 0 aromatic heterocycles. The zero-order chi connectivity index (χ0) is 17.0. The third-order valence-corrected chi connectivity index (χ3v) is 4.34. The van der Waals surface area contributed by atoms with Crippen molar-refractivity contribution in [3.8, 4) is 11.5 Å². The summed E-state index contributed by atoms with van der Waals surface area (Å²) >= 11 is 3.46. The molecule has 0 fully saturated rings. The maximum Gasteiger partial charge on any atom is 0.326 e. The monoisotopic (exact) mass is 378 g/mol. The summed E-state index contributed by atoms with van der Waals surface area (Å²) in [5.74, 6) is 1.19. The SMILES string of the molecule is COc1ccc(N(C)C(=O)Nc2ccc(C)c(Br)c2)cc1OC. The highest BCUT2D eigenvalue weighted by Gasteiger charge is 2.14. The first-order valence-electron chi connectivity index (χ1n) is 6.99. The lowest BCUT2D eigenvalue weighted by molar-refractivity contribution is 0.258. The van der Waals surface area contributed by atoms with E-state index in [1.165, 1.54) is 4.90 Å². The zero-order valence-electron chi connectivity index (χ0n) is 13.5. The minimum absolute atomic E-state index is 0.243. The molecule has 0 heterocycles. The third kappa shape index (κ3) is 3.96. The Balaban J connectivity index is 2.17. The molecular formula is C17H19BrN2O3. The molecule has 0 aliphatic carbocycles. The van der Waals surface area contributed by atoms with Crippen molar-refractivity contribution in [1.29, 1.82) is 0 Å². The van der Waals surface area contributed by atoms with Gasteiger partial charge in [-0.15, -0.1) is 0 Å². The van der Waals surface area contributed by atoms with Gasteiger partial charge in [-0.3, -0.25) is 4.90 Å². The number of urea groups is 1. The Morgan fingerprint density at radius 2 is 1.78 bits per heavy atom. The fourth-order valence-electron chi connectivity index (χ4n) is 2.03. The second-order valence-electron chi connectivity index (χ2n) is 4.99. The number of aryl methyl sites for hydroxylation is 1. The number of nitrogens with zero attached hydrogens (tertiary/aromatic N) is 1. The van der Waals surface area contributed by atoms with Gasteiger partial charge in [-0.1, -0.05) is 22.0 Å². The van der Waals surface area contributed by atoms with E-state index in [1.807, 2.05) is 25.1 Å². The number of carbonyl (C=O) groups excluding carboxylic acids is 1. The van der Waals surface area contributed by atoms with Gasteiger partial charge in [0.15, 0.2) is 11.5 Å². The van der Waals surface area contributed by atoms with Crippen LogP contribution in [-0.2, 0) is 0 Å². The lowest BCUT2D eigenvalue weighted by Gasteiger charge is -2.20. The Kier molecular flexibility index (Phi) is 5.50. The van der Waals surface area contributed by atoms with Gasteiger partial charge in [-0.2, -0.15) is 0 Å². The van der Waals surface area contributed by atoms with Crippen LogP contribution in [0.4, 0.5) is 16.2 Å². The predicted octanol–water partition coefficient (Wildman–Crippen LogP) is 4.44. The van der Waals surface area contributed by atoms with Crippen LogP contribution in [0.5, 0.6) is 11.5 Å². The molecular weight excluding hydrogens is 360 g/mol. The Morgan fingerprint density at radius 1 is 1.09 bits per heavy atom. The molecule has 5 nitrogen and oxygen atoms in total. The molecule has 1 N–H and O–H groups in total. The van der Waals surface area contributed by atoms with Gasteiger partial charge in [0.2, 0.25) is 0 Å². The van der Waals surface area contributed by atoms with E-state index in [1.54, 1.807) is 39.5 Å². The number of anilines is 2. The van der Waals surface area contributed by atoms with Crippen LogP contribution in [0.15, 0.2) is 40.9 Å². The minimum atomic E-state index is -0.243. The second kappa shape index (κ2) is 7.37. The molecule has 0 atom stereocenters. The number of nitrogens with one attached hydrogen (secondary N) is 1. The molecule has 0 bridgehead atoms. The fraction of sp³-hybridized carbons (Fsp3) is 0.235. The predicted molar refractivity (Wildman–Crippen MR) is 95.8 cm³/mol.